The molecule has 2 rings (SSSR count). The molecule has 6 nitrogen and oxygen atoms in total. The highest BCUT2D eigenvalue weighted by Gasteiger charge is 2.14. The van der Waals surface area contributed by atoms with Crippen LogP contribution in [-0.2, 0) is 24.8 Å². The molecule has 0 bridgehead atoms. The van der Waals surface area contributed by atoms with Crippen molar-refractivity contribution >= 4 is 11.7 Å². The summed E-state index contributed by atoms with van der Waals surface area (Å²) in [6.07, 6.45) is 4.41. The van der Waals surface area contributed by atoms with Gasteiger partial charge in [-0.3, -0.25) is 19.4 Å². The standard InChI is InChI=1S/C16H23N5O/c1-5-14-12(2)16(21(4)19-14)18-15(22)11-20(3)10-13-7-6-8-17-9-13/h6-9H,5,10-11H2,1-4H3,(H,18,22). The Morgan fingerprint density at radius 3 is 2.82 bits per heavy atom. The van der Waals surface area contributed by atoms with Gasteiger partial charge in [0.05, 0.1) is 12.2 Å². The minimum Gasteiger partial charge on any atom is -0.310 e. The van der Waals surface area contributed by atoms with Crippen LogP contribution >= 0.6 is 0 Å². The van der Waals surface area contributed by atoms with Gasteiger partial charge in [-0.25, -0.2) is 0 Å². The molecule has 1 amide bonds. The van der Waals surface area contributed by atoms with Crippen LogP contribution in [0.25, 0.3) is 0 Å². The molecule has 2 aromatic heterocycles. The lowest BCUT2D eigenvalue weighted by molar-refractivity contribution is -0.117. The average molecular weight is 301 g/mol. The van der Waals surface area contributed by atoms with E-state index in [4.69, 9.17) is 0 Å². The molecule has 0 unspecified atom stereocenters. The van der Waals surface area contributed by atoms with Gasteiger partial charge in [0.25, 0.3) is 0 Å². The zero-order chi connectivity index (χ0) is 16.1. The van der Waals surface area contributed by atoms with E-state index in [9.17, 15) is 4.79 Å². The zero-order valence-corrected chi connectivity index (χ0v) is 13.6. The second-order valence-electron chi connectivity index (χ2n) is 5.48. The number of likely N-dealkylation sites (N-methyl/N-ethyl adjacent to an activating group) is 1. The number of pyridine rings is 1. The molecule has 22 heavy (non-hydrogen) atoms. The Bertz CT molecular complexity index is 635. The molecule has 0 spiro atoms. The molecule has 2 aromatic rings. The summed E-state index contributed by atoms with van der Waals surface area (Å²) in [7, 11) is 3.77. The Morgan fingerprint density at radius 2 is 2.23 bits per heavy atom. The summed E-state index contributed by atoms with van der Waals surface area (Å²) < 4.78 is 1.73. The van der Waals surface area contributed by atoms with Crippen LogP contribution in [0.15, 0.2) is 24.5 Å². The lowest BCUT2D eigenvalue weighted by atomic mass is 10.2. The largest absolute Gasteiger partial charge is 0.310 e. The van der Waals surface area contributed by atoms with Crippen LogP contribution in [-0.4, -0.2) is 39.2 Å². The monoisotopic (exact) mass is 301 g/mol. The predicted octanol–water partition coefficient (Wildman–Crippen LogP) is 1.76. The van der Waals surface area contributed by atoms with Crippen LogP contribution < -0.4 is 5.32 Å². The normalized spacial score (nSPS) is 11.0. The molecule has 0 aliphatic rings. The van der Waals surface area contributed by atoms with Gasteiger partial charge >= 0.3 is 0 Å². The summed E-state index contributed by atoms with van der Waals surface area (Å²) in [6.45, 7) is 5.05. The number of carbonyl (C=O) groups excluding carboxylic acids is 1. The predicted molar refractivity (Wildman–Crippen MR) is 86.5 cm³/mol. The van der Waals surface area contributed by atoms with E-state index in [1.807, 2.05) is 44.2 Å². The molecule has 1 N–H and O–H groups in total. The van der Waals surface area contributed by atoms with Crippen molar-refractivity contribution in [2.75, 3.05) is 18.9 Å². The minimum absolute atomic E-state index is 0.0415. The van der Waals surface area contributed by atoms with Crippen LogP contribution in [0.2, 0.25) is 0 Å². The van der Waals surface area contributed by atoms with Gasteiger partial charge < -0.3 is 5.32 Å². The first-order valence-corrected chi connectivity index (χ1v) is 7.41. The number of hydrogen-bond donors (Lipinski definition) is 1. The van der Waals surface area contributed by atoms with Gasteiger partial charge in [0, 0.05) is 31.5 Å². The molecular formula is C16H23N5O. The van der Waals surface area contributed by atoms with Crippen molar-refractivity contribution in [2.24, 2.45) is 7.05 Å². The van der Waals surface area contributed by atoms with E-state index in [-0.39, 0.29) is 5.91 Å². The Hall–Kier alpha value is -2.21. The van der Waals surface area contributed by atoms with Crippen molar-refractivity contribution < 1.29 is 4.79 Å². The summed E-state index contributed by atoms with van der Waals surface area (Å²) in [5.74, 6) is 0.733. The molecule has 118 valence electrons. The van der Waals surface area contributed by atoms with Crippen LogP contribution in [0.5, 0.6) is 0 Å². The van der Waals surface area contributed by atoms with E-state index in [2.05, 4.69) is 22.3 Å². The number of amides is 1. The van der Waals surface area contributed by atoms with E-state index in [1.54, 1.807) is 10.9 Å². The summed E-state index contributed by atoms with van der Waals surface area (Å²) in [6, 6.07) is 3.90. The molecule has 0 radical (unpaired) electrons. The second kappa shape index (κ2) is 7.17. The third-order valence-corrected chi connectivity index (χ3v) is 3.56. The van der Waals surface area contributed by atoms with E-state index >= 15 is 0 Å². The highest BCUT2D eigenvalue weighted by Crippen LogP contribution is 2.18. The Morgan fingerprint density at radius 1 is 1.45 bits per heavy atom. The molecule has 0 fully saturated rings. The van der Waals surface area contributed by atoms with Crippen LogP contribution in [0.1, 0.15) is 23.7 Å². The maximum atomic E-state index is 12.2. The lowest BCUT2D eigenvalue weighted by Crippen LogP contribution is -2.30. The molecule has 0 aliphatic heterocycles. The number of hydrogen-bond acceptors (Lipinski definition) is 4. The SMILES string of the molecule is CCc1nn(C)c(NC(=O)CN(C)Cc2cccnc2)c1C. The Balaban J connectivity index is 1.94. The number of carbonyl (C=O) groups is 1. The number of rotatable bonds is 6. The maximum absolute atomic E-state index is 12.2. The first-order valence-electron chi connectivity index (χ1n) is 7.41. The van der Waals surface area contributed by atoms with Gasteiger partial charge in [-0.15, -0.1) is 0 Å². The maximum Gasteiger partial charge on any atom is 0.239 e. The number of aryl methyl sites for hydroxylation is 2. The fraction of sp³-hybridized carbons (Fsp3) is 0.438. The third kappa shape index (κ3) is 3.92. The summed E-state index contributed by atoms with van der Waals surface area (Å²) in [5, 5.41) is 7.36. The molecule has 0 aromatic carbocycles. The van der Waals surface area contributed by atoms with E-state index in [0.717, 1.165) is 29.1 Å². The van der Waals surface area contributed by atoms with Crippen molar-refractivity contribution in [3.63, 3.8) is 0 Å². The topological polar surface area (TPSA) is 63.1 Å². The number of aromatic nitrogens is 3. The van der Waals surface area contributed by atoms with Crippen molar-refractivity contribution in [2.45, 2.75) is 26.8 Å². The third-order valence-electron chi connectivity index (χ3n) is 3.56. The molecule has 0 atom stereocenters. The van der Waals surface area contributed by atoms with Crippen molar-refractivity contribution in [3.05, 3.63) is 41.3 Å². The fourth-order valence-corrected chi connectivity index (χ4v) is 2.47. The number of nitrogens with zero attached hydrogens (tertiary/aromatic N) is 4. The number of nitrogens with one attached hydrogen (secondary N) is 1. The van der Waals surface area contributed by atoms with Crippen molar-refractivity contribution in [3.8, 4) is 0 Å². The van der Waals surface area contributed by atoms with E-state index in [1.165, 1.54) is 0 Å². The average Bonchev–Trinajstić information content (AvgIpc) is 2.75. The Kier molecular flexibility index (Phi) is 5.27. The highest BCUT2D eigenvalue weighted by molar-refractivity contribution is 5.92. The molecule has 0 aliphatic carbocycles. The zero-order valence-electron chi connectivity index (χ0n) is 13.6. The minimum atomic E-state index is -0.0415. The first kappa shape index (κ1) is 16.2. The molecule has 6 heteroatoms. The molecular weight excluding hydrogens is 278 g/mol. The Labute approximate surface area is 131 Å². The number of anilines is 1. The van der Waals surface area contributed by atoms with Crippen LogP contribution in [0, 0.1) is 6.92 Å². The van der Waals surface area contributed by atoms with Crippen LogP contribution in [0.3, 0.4) is 0 Å². The van der Waals surface area contributed by atoms with Gasteiger partial charge in [0.1, 0.15) is 5.82 Å². The molecule has 0 saturated carbocycles. The molecule has 0 saturated heterocycles. The van der Waals surface area contributed by atoms with Gasteiger partial charge in [-0.05, 0) is 32.0 Å². The smallest absolute Gasteiger partial charge is 0.239 e. The lowest BCUT2D eigenvalue weighted by Gasteiger charge is -2.16. The summed E-state index contributed by atoms with van der Waals surface area (Å²) >= 11 is 0. The second-order valence-corrected chi connectivity index (χ2v) is 5.48. The van der Waals surface area contributed by atoms with Gasteiger partial charge in [0.15, 0.2) is 0 Å². The van der Waals surface area contributed by atoms with E-state index in [0.29, 0.717) is 13.1 Å². The molecule has 2 heterocycles. The van der Waals surface area contributed by atoms with Gasteiger partial charge in [0.2, 0.25) is 5.91 Å². The fourth-order valence-electron chi connectivity index (χ4n) is 2.47. The summed E-state index contributed by atoms with van der Waals surface area (Å²) in [5.41, 5.74) is 3.14. The van der Waals surface area contributed by atoms with Crippen LogP contribution in [0.4, 0.5) is 5.82 Å². The highest BCUT2D eigenvalue weighted by atomic mass is 16.2. The van der Waals surface area contributed by atoms with Gasteiger partial charge in [-0.1, -0.05) is 13.0 Å². The quantitative estimate of drug-likeness (QED) is 0.883. The van der Waals surface area contributed by atoms with Crippen molar-refractivity contribution in [1.29, 1.82) is 0 Å². The first-order chi connectivity index (χ1) is 10.5. The van der Waals surface area contributed by atoms with E-state index < -0.39 is 0 Å². The van der Waals surface area contributed by atoms with Crippen molar-refractivity contribution in [1.82, 2.24) is 19.7 Å². The summed E-state index contributed by atoms with van der Waals surface area (Å²) in [4.78, 5) is 18.2. The van der Waals surface area contributed by atoms with Gasteiger partial charge in [-0.2, -0.15) is 5.10 Å².